The summed E-state index contributed by atoms with van der Waals surface area (Å²) >= 11 is 0. The molecule has 0 bridgehead atoms. The van der Waals surface area contributed by atoms with Gasteiger partial charge in [-0.1, -0.05) is 17.7 Å². The van der Waals surface area contributed by atoms with Gasteiger partial charge in [-0.05, 0) is 26.0 Å². The summed E-state index contributed by atoms with van der Waals surface area (Å²) in [7, 11) is 1.29. The van der Waals surface area contributed by atoms with E-state index in [-0.39, 0.29) is 23.4 Å². The molecule has 134 valence electrons. The second-order valence-electron chi connectivity index (χ2n) is 5.52. The molecule has 0 aliphatic heterocycles. The van der Waals surface area contributed by atoms with Gasteiger partial charge in [0.1, 0.15) is 11.1 Å². The van der Waals surface area contributed by atoms with E-state index in [1.807, 2.05) is 31.2 Å². The molecular weight excluding hydrogens is 336 g/mol. The first-order chi connectivity index (χ1) is 12.5. The van der Waals surface area contributed by atoms with E-state index in [0.717, 1.165) is 11.3 Å². The largest absolute Gasteiger partial charge is 0.465 e. The number of anilines is 2. The smallest absolute Gasteiger partial charge is 0.343 e. The van der Waals surface area contributed by atoms with Crippen molar-refractivity contribution < 1.29 is 19.1 Å². The minimum absolute atomic E-state index is 0.194. The second kappa shape index (κ2) is 7.22. The van der Waals surface area contributed by atoms with Gasteiger partial charge in [0.25, 0.3) is 0 Å². The van der Waals surface area contributed by atoms with Crippen molar-refractivity contribution in [3.8, 4) is 0 Å². The minimum Gasteiger partial charge on any atom is -0.465 e. The second-order valence-corrected chi connectivity index (χ2v) is 5.52. The third-order valence-electron chi connectivity index (χ3n) is 3.74. The Bertz CT molecular complexity index is 963. The molecule has 2 heterocycles. The normalized spacial score (nSPS) is 10.6. The predicted octanol–water partition coefficient (Wildman–Crippen LogP) is 2.74. The molecule has 0 unspecified atom stereocenters. The molecule has 0 fully saturated rings. The number of carbonyl (C=O) groups is 2. The number of esters is 2. The van der Waals surface area contributed by atoms with Gasteiger partial charge in [0, 0.05) is 11.9 Å². The standard InChI is InChI=1S/C18H18N4O4/c1-4-26-18(24)14-10-20-22-15(14)19-9-13(17(23)25-3)16(22)21-12-7-5-11(2)6-8-12/h5-10,21H,4H2,1-3H3. The lowest BCUT2D eigenvalue weighted by molar-refractivity contribution is 0.0527. The van der Waals surface area contributed by atoms with Crippen molar-refractivity contribution in [3.63, 3.8) is 0 Å². The fourth-order valence-corrected chi connectivity index (χ4v) is 2.44. The van der Waals surface area contributed by atoms with E-state index in [1.54, 1.807) is 6.92 Å². The highest BCUT2D eigenvalue weighted by Crippen LogP contribution is 2.24. The van der Waals surface area contributed by atoms with E-state index in [4.69, 9.17) is 9.47 Å². The topological polar surface area (TPSA) is 94.8 Å². The molecule has 0 atom stereocenters. The lowest BCUT2D eigenvalue weighted by atomic mass is 10.2. The number of nitrogens with one attached hydrogen (secondary N) is 1. The SMILES string of the molecule is CCOC(=O)c1cnn2c(Nc3ccc(C)cc3)c(C(=O)OC)cnc12. The van der Waals surface area contributed by atoms with Crippen LogP contribution in [0.1, 0.15) is 33.2 Å². The lowest BCUT2D eigenvalue weighted by Gasteiger charge is -2.12. The highest BCUT2D eigenvalue weighted by Gasteiger charge is 2.22. The number of hydrogen-bond acceptors (Lipinski definition) is 7. The van der Waals surface area contributed by atoms with Gasteiger partial charge >= 0.3 is 11.9 Å². The number of rotatable bonds is 5. The molecule has 0 spiro atoms. The summed E-state index contributed by atoms with van der Waals surface area (Å²) in [6.45, 7) is 3.94. The highest BCUT2D eigenvalue weighted by atomic mass is 16.5. The molecule has 26 heavy (non-hydrogen) atoms. The molecule has 0 saturated heterocycles. The van der Waals surface area contributed by atoms with E-state index in [9.17, 15) is 9.59 Å². The van der Waals surface area contributed by atoms with Gasteiger partial charge in [-0.2, -0.15) is 9.61 Å². The number of ether oxygens (including phenoxy) is 2. The van der Waals surface area contributed by atoms with Gasteiger partial charge in [0.05, 0.1) is 19.9 Å². The maximum atomic E-state index is 12.1. The Labute approximate surface area is 149 Å². The van der Waals surface area contributed by atoms with Crippen molar-refractivity contribution in [1.29, 1.82) is 0 Å². The Morgan fingerprint density at radius 3 is 2.50 bits per heavy atom. The van der Waals surface area contributed by atoms with Gasteiger partial charge in [-0.15, -0.1) is 0 Å². The number of fused-ring (bicyclic) bond motifs is 1. The Hall–Kier alpha value is -3.42. The van der Waals surface area contributed by atoms with Crippen molar-refractivity contribution in [3.05, 3.63) is 53.3 Å². The van der Waals surface area contributed by atoms with E-state index >= 15 is 0 Å². The molecule has 2 aromatic heterocycles. The molecule has 3 rings (SSSR count). The Balaban J connectivity index is 2.14. The van der Waals surface area contributed by atoms with E-state index in [1.165, 1.54) is 24.0 Å². The summed E-state index contributed by atoms with van der Waals surface area (Å²) in [5.41, 5.74) is 2.55. The number of aromatic nitrogens is 3. The van der Waals surface area contributed by atoms with Gasteiger partial charge in [0.15, 0.2) is 11.5 Å². The first-order valence-electron chi connectivity index (χ1n) is 8.01. The number of carbonyl (C=O) groups excluding carboxylic acids is 2. The number of nitrogens with zero attached hydrogens (tertiary/aromatic N) is 3. The Kier molecular flexibility index (Phi) is 4.83. The third kappa shape index (κ3) is 3.21. The zero-order valence-electron chi connectivity index (χ0n) is 14.6. The van der Waals surface area contributed by atoms with E-state index in [0.29, 0.717) is 5.82 Å². The maximum Gasteiger partial charge on any atom is 0.343 e. The van der Waals surface area contributed by atoms with Crippen LogP contribution in [0.15, 0.2) is 36.7 Å². The van der Waals surface area contributed by atoms with Crippen LogP contribution in [0.2, 0.25) is 0 Å². The third-order valence-corrected chi connectivity index (χ3v) is 3.74. The van der Waals surface area contributed by atoms with Crippen molar-refractivity contribution in [2.45, 2.75) is 13.8 Å². The number of hydrogen-bond donors (Lipinski definition) is 1. The molecule has 0 radical (unpaired) electrons. The molecule has 0 aliphatic carbocycles. The van der Waals surface area contributed by atoms with Crippen LogP contribution in [0.5, 0.6) is 0 Å². The first kappa shape index (κ1) is 17.4. The molecule has 0 aliphatic rings. The maximum absolute atomic E-state index is 12.1. The molecular formula is C18H18N4O4. The molecule has 1 aromatic carbocycles. The average Bonchev–Trinajstić information content (AvgIpc) is 3.08. The van der Waals surface area contributed by atoms with Crippen LogP contribution in [0.3, 0.4) is 0 Å². The summed E-state index contributed by atoms with van der Waals surface area (Å²) < 4.78 is 11.2. The molecule has 0 saturated carbocycles. The average molecular weight is 354 g/mol. The van der Waals surface area contributed by atoms with Crippen molar-refractivity contribution in [2.24, 2.45) is 0 Å². The van der Waals surface area contributed by atoms with Gasteiger partial charge in [-0.25, -0.2) is 14.6 Å². The molecule has 8 heteroatoms. The number of aryl methyl sites for hydroxylation is 1. The van der Waals surface area contributed by atoms with Gasteiger partial charge in [-0.3, -0.25) is 0 Å². The van der Waals surface area contributed by atoms with Crippen molar-refractivity contribution >= 4 is 29.1 Å². The van der Waals surface area contributed by atoms with Crippen molar-refractivity contribution in [2.75, 3.05) is 19.0 Å². The zero-order valence-corrected chi connectivity index (χ0v) is 14.6. The van der Waals surface area contributed by atoms with Gasteiger partial charge < -0.3 is 14.8 Å². The quantitative estimate of drug-likeness (QED) is 0.704. The monoisotopic (exact) mass is 354 g/mol. The highest BCUT2D eigenvalue weighted by molar-refractivity contribution is 5.99. The van der Waals surface area contributed by atoms with Crippen LogP contribution >= 0.6 is 0 Å². The van der Waals surface area contributed by atoms with E-state index in [2.05, 4.69) is 15.4 Å². The van der Waals surface area contributed by atoms with Crippen LogP contribution in [-0.2, 0) is 9.47 Å². The fourth-order valence-electron chi connectivity index (χ4n) is 2.44. The van der Waals surface area contributed by atoms with E-state index < -0.39 is 11.9 Å². The van der Waals surface area contributed by atoms with Crippen LogP contribution in [-0.4, -0.2) is 40.3 Å². The molecule has 8 nitrogen and oxygen atoms in total. The minimum atomic E-state index is -0.567. The summed E-state index contributed by atoms with van der Waals surface area (Å²) in [5, 5.41) is 7.35. The fraction of sp³-hybridized carbons (Fsp3) is 0.222. The summed E-state index contributed by atoms with van der Waals surface area (Å²) in [5.74, 6) is -0.745. The first-order valence-corrected chi connectivity index (χ1v) is 8.01. The summed E-state index contributed by atoms with van der Waals surface area (Å²) in [6.07, 6.45) is 2.71. The lowest BCUT2D eigenvalue weighted by Crippen LogP contribution is -2.12. The zero-order chi connectivity index (χ0) is 18.7. The van der Waals surface area contributed by atoms with Crippen molar-refractivity contribution in [1.82, 2.24) is 14.6 Å². The van der Waals surface area contributed by atoms with Crippen LogP contribution < -0.4 is 5.32 Å². The summed E-state index contributed by atoms with van der Waals surface area (Å²) in [6, 6.07) is 7.62. The molecule has 3 aromatic rings. The van der Waals surface area contributed by atoms with Crippen LogP contribution in [0.25, 0.3) is 5.65 Å². The Morgan fingerprint density at radius 2 is 1.85 bits per heavy atom. The number of methoxy groups -OCH3 is 1. The van der Waals surface area contributed by atoms with Crippen LogP contribution in [0, 0.1) is 6.92 Å². The predicted molar refractivity (Wildman–Crippen MR) is 94.7 cm³/mol. The summed E-state index contributed by atoms with van der Waals surface area (Å²) in [4.78, 5) is 28.4. The number of benzene rings is 1. The molecule has 0 amide bonds. The Morgan fingerprint density at radius 1 is 1.12 bits per heavy atom. The molecule has 1 N–H and O–H groups in total. The van der Waals surface area contributed by atoms with Crippen LogP contribution in [0.4, 0.5) is 11.5 Å². The van der Waals surface area contributed by atoms with Gasteiger partial charge in [0.2, 0.25) is 0 Å².